The highest BCUT2D eigenvalue weighted by molar-refractivity contribution is 6.30. The molecule has 1 aliphatic rings. The van der Waals surface area contributed by atoms with E-state index in [0.29, 0.717) is 34.2 Å². The van der Waals surface area contributed by atoms with Crippen LogP contribution in [0.3, 0.4) is 0 Å². The monoisotopic (exact) mass is 447 g/mol. The fourth-order valence-corrected chi connectivity index (χ4v) is 4.02. The summed E-state index contributed by atoms with van der Waals surface area (Å²) in [6.07, 6.45) is -0.949. The lowest BCUT2D eigenvalue weighted by molar-refractivity contribution is 0.178. The van der Waals surface area contributed by atoms with Gasteiger partial charge in [0.1, 0.15) is 22.8 Å². The lowest BCUT2D eigenvalue weighted by Crippen LogP contribution is -2.52. The van der Waals surface area contributed by atoms with Gasteiger partial charge in [-0.3, -0.25) is 5.73 Å². The molecular formula is C25H19ClFN3O2. The fourth-order valence-electron chi connectivity index (χ4n) is 3.84. The van der Waals surface area contributed by atoms with E-state index in [2.05, 4.69) is 0 Å². The summed E-state index contributed by atoms with van der Waals surface area (Å²) in [4.78, 5) is 4.69. The highest BCUT2D eigenvalue weighted by atomic mass is 35.5. The average molecular weight is 448 g/mol. The first-order valence-corrected chi connectivity index (χ1v) is 10.3. The molecule has 1 aliphatic heterocycles. The normalized spacial score (nSPS) is 19.3. The molecule has 32 heavy (non-hydrogen) atoms. The SMILES string of the molecule is NC1Oc2c(cc(Oc3ccccc3)nc2-c2ccccc2)C1(N)c1ccc(F)c(Cl)c1. The maximum atomic E-state index is 13.8. The van der Waals surface area contributed by atoms with Crippen molar-refractivity contribution in [3.8, 4) is 28.6 Å². The van der Waals surface area contributed by atoms with Crippen molar-refractivity contribution in [3.63, 3.8) is 0 Å². The van der Waals surface area contributed by atoms with Crippen LogP contribution < -0.4 is 20.9 Å². The Morgan fingerprint density at radius 1 is 0.969 bits per heavy atom. The highest BCUT2D eigenvalue weighted by Crippen LogP contribution is 2.48. The summed E-state index contributed by atoms with van der Waals surface area (Å²) >= 11 is 6.05. The average Bonchev–Trinajstić information content (AvgIpc) is 3.07. The molecule has 0 radical (unpaired) electrons. The van der Waals surface area contributed by atoms with Crippen LogP contribution in [0.25, 0.3) is 11.3 Å². The van der Waals surface area contributed by atoms with Crippen LogP contribution >= 0.6 is 11.6 Å². The molecular weight excluding hydrogens is 429 g/mol. The largest absolute Gasteiger partial charge is 0.470 e. The summed E-state index contributed by atoms with van der Waals surface area (Å²) in [5, 5.41) is -0.0499. The van der Waals surface area contributed by atoms with Crippen LogP contribution in [0.5, 0.6) is 17.4 Å². The molecule has 0 amide bonds. The summed E-state index contributed by atoms with van der Waals surface area (Å²) in [5.74, 6) is 0.857. The predicted octanol–water partition coefficient (Wildman–Crippen LogP) is 5.21. The smallest absolute Gasteiger partial charge is 0.220 e. The lowest BCUT2D eigenvalue weighted by atomic mass is 9.83. The van der Waals surface area contributed by atoms with Gasteiger partial charge in [0.2, 0.25) is 5.88 Å². The quantitative estimate of drug-likeness (QED) is 0.448. The van der Waals surface area contributed by atoms with E-state index in [1.165, 1.54) is 12.1 Å². The van der Waals surface area contributed by atoms with Gasteiger partial charge < -0.3 is 15.2 Å². The van der Waals surface area contributed by atoms with E-state index in [1.807, 2.05) is 60.7 Å². The van der Waals surface area contributed by atoms with Gasteiger partial charge in [-0.05, 0) is 29.8 Å². The number of fused-ring (bicyclic) bond motifs is 1. The standard InChI is InChI=1S/C25H19ClFN3O2/c26-19-13-16(11-12-20(19)27)25(29)18-14-21(31-17-9-5-2-6-10-17)30-22(23(18)32-24(25)28)15-7-3-1-4-8-15/h1-14,24H,28-29H2. The molecule has 7 heteroatoms. The number of ether oxygens (including phenoxy) is 2. The molecule has 1 aromatic heterocycles. The fraction of sp³-hybridized carbons (Fsp3) is 0.0800. The summed E-state index contributed by atoms with van der Waals surface area (Å²) in [6.45, 7) is 0. The Labute approximate surface area is 189 Å². The van der Waals surface area contributed by atoms with Gasteiger partial charge in [-0.2, -0.15) is 0 Å². The molecule has 0 saturated heterocycles. The Kier molecular flexibility index (Phi) is 5.06. The number of halogens is 2. The second kappa shape index (κ2) is 7.91. The molecule has 0 spiro atoms. The molecule has 2 atom stereocenters. The molecule has 2 unspecified atom stereocenters. The molecule has 3 aromatic carbocycles. The van der Waals surface area contributed by atoms with Gasteiger partial charge in [-0.15, -0.1) is 0 Å². The number of hydrogen-bond donors (Lipinski definition) is 2. The zero-order chi connectivity index (χ0) is 22.3. The van der Waals surface area contributed by atoms with Crippen LogP contribution in [0.2, 0.25) is 5.02 Å². The molecule has 2 heterocycles. The number of rotatable bonds is 4. The third-order valence-electron chi connectivity index (χ3n) is 5.50. The number of para-hydroxylation sites is 1. The number of pyridine rings is 1. The lowest BCUT2D eigenvalue weighted by Gasteiger charge is -2.28. The number of benzene rings is 3. The van der Waals surface area contributed by atoms with E-state index >= 15 is 0 Å². The second-order valence-electron chi connectivity index (χ2n) is 7.50. The maximum Gasteiger partial charge on any atom is 0.220 e. The third-order valence-corrected chi connectivity index (χ3v) is 5.79. The number of hydrogen-bond acceptors (Lipinski definition) is 5. The van der Waals surface area contributed by atoms with Crippen LogP contribution in [0.15, 0.2) is 84.9 Å². The van der Waals surface area contributed by atoms with Crippen LogP contribution in [0.1, 0.15) is 11.1 Å². The molecule has 4 N–H and O–H groups in total. The topological polar surface area (TPSA) is 83.4 Å². The van der Waals surface area contributed by atoms with E-state index in [4.69, 9.17) is 37.5 Å². The highest BCUT2D eigenvalue weighted by Gasteiger charge is 2.48. The third kappa shape index (κ3) is 3.39. The van der Waals surface area contributed by atoms with E-state index in [-0.39, 0.29) is 5.02 Å². The van der Waals surface area contributed by atoms with Gasteiger partial charge in [0.15, 0.2) is 12.0 Å². The second-order valence-corrected chi connectivity index (χ2v) is 7.91. The Hall–Kier alpha value is -3.45. The summed E-state index contributed by atoms with van der Waals surface area (Å²) in [7, 11) is 0. The summed E-state index contributed by atoms with van der Waals surface area (Å²) in [5.41, 5.74) is 14.4. The van der Waals surface area contributed by atoms with Crippen molar-refractivity contribution >= 4 is 11.6 Å². The predicted molar refractivity (Wildman–Crippen MR) is 121 cm³/mol. The van der Waals surface area contributed by atoms with Crippen molar-refractivity contribution in [2.24, 2.45) is 11.5 Å². The zero-order valence-electron chi connectivity index (χ0n) is 16.8. The van der Waals surface area contributed by atoms with E-state index in [9.17, 15) is 4.39 Å². The van der Waals surface area contributed by atoms with Crippen molar-refractivity contribution < 1.29 is 13.9 Å². The minimum Gasteiger partial charge on any atom is -0.470 e. The van der Waals surface area contributed by atoms with Crippen LogP contribution in [-0.2, 0) is 5.54 Å². The van der Waals surface area contributed by atoms with E-state index in [0.717, 1.165) is 5.56 Å². The summed E-state index contributed by atoms with van der Waals surface area (Å²) < 4.78 is 25.9. The van der Waals surface area contributed by atoms with Crippen molar-refractivity contribution in [1.29, 1.82) is 0 Å². The van der Waals surface area contributed by atoms with Gasteiger partial charge in [0.25, 0.3) is 0 Å². The zero-order valence-corrected chi connectivity index (χ0v) is 17.6. The molecule has 0 fully saturated rings. The number of nitrogens with two attached hydrogens (primary N) is 2. The van der Waals surface area contributed by atoms with Crippen molar-refractivity contribution in [2.45, 2.75) is 11.8 Å². The van der Waals surface area contributed by atoms with Crippen molar-refractivity contribution in [2.75, 3.05) is 0 Å². The molecule has 0 aliphatic carbocycles. The maximum absolute atomic E-state index is 13.8. The molecule has 5 rings (SSSR count). The van der Waals surface area contributed by atoms with Crippen molar-refractivity contribution in [1.82, 2.24) is 4.98 Å². The first kappa shape index (κ1) is 20.5. The van der Waals surface area contributed by atoms with E-state index in [1.54, 1.807) is 12.1 Å². The van der Waals surface area contributed by atoms with Crippen molar-refractivity contribution in [3.05, 3.63) is 107 Å². The van der Waals surface area contributed by atoms with Crippen LogP contribution in [0.4, 0.5) is 4.39 Å². The van der Waals surface area contributed by atoms with Gasteiger partial charge in [0, 0.05) is 17.2 Å². The first-order valence-electron chi connectivity index (χ1n) is 9.97. The Balaban J connectivity index is 1.72. The first-order chi connectivity index (χ1) is 15.5. The summed E-state index contributed by atoms with van der Waals surface area (Å²) in [6, 6.07) is 24.8. The van der Waals surface area contributed by atoms with Gasteiger partial charge in [-0.25, -0.2) is 9.37 Å². The molecule has 0 bridgehead atoms. The van der Waals surface area contributed by atoms with Gasteiger partial charge >= 0.3 is 0 Å². The van der Waals surface area contributed by atoms with E-state index < -0.39 is 17.6 Å². The van der Waals surface area contributed by atoms with Crippen LogP contribution in [0, 0.1) is 5.82 Å². The molecule has 160 valence electrons. The Morgan fingerprint density at radius 2 is 1.66 bits per heavy atom. The van der Waals surface area contributed by atoms with Crippen LogP contribution in [-0.4, -0.2) is 11.2 Å². The Bertz CT molecular complexity index is 1290. The molecule has 0 saturated carbocycles. The van der Waals surface area contributed by atoms with Gasteiger partial charge in [0.05, 0.1) is 5.02 Å². The molecule has 4 aromatic rings. The Morgan fingerprint density at radius 3 is 2.34 bits per heavy atom. The number of nitrogens with zero attached hydrogens (tertiary/aromatic N) is 1. The molecule has 5 nitrogen and oxygen atoms in total. The van der Waals surface area contributed by atoms with Gasteiger partial charge in [-0.1, -0.05) is 66.2 Å². The minimum atomic E-state index is -1.30. The minimum absolute atomic E-state index is 0.0499. The number of aromatic nitrogens is 1.